The summed E-state index contributed by atoms with van der Waals surface area (Å²) in [4.78, 5) is 52.0. The zero-order chi connectivity index (χ0) is 19.6. The first-order chi connectivity index (χ1) is 12.9. The van der Waals surface area contributed by atoms with Crippen LogP contribution in [0.15, 0.2) is 24.5 Å². The predicted molar refractivity (Wildman–Crippen MR) is 90.4 cm³/mol. The minimum atomic E-state index is -0.891. The SMILES string of the molecule is COC(=O)c1cc(NC(=O)[C@H]2CC(=O)n3ncnc3N2)cc(C(=O)OC)c1. The fraction of sp³-hybridized carbons (Fsp3) is 0.250. The Labute approximate surface area is 152 Å². The first-order valence-corrected chi connectivity index (χ1v) is 7.75. The fourth-order valence-electron chi connectivity index (χ4n) is 2.55. The number of anilines is 2. The van der Waals surface area contributed by atoms with Crippen molar-refractivity contribution in [1.82, 2.24) is 14.8 Å². The molecule has 11 heteroatoms. The van der Waals surface area contributed by atoms with Crippen LogP contribution in [0.5, 0.6) is 0 Å². The summed E-state index contributed by atoms with van der Waals surface area (Å²) in [5, 5.41) is 9.12. The van der Waals surface area contributed by atoms with Crippen molar-refractivity contribution in [3.05, 3.63) is 35.7 Å². The summed E-state index contributed by atoms with van der Waals surface area (Å²) in [7, 11) is 2.39. The number of aromatic nitrogens is 3. The molecule has 0 saturated carbocycles. The number of carbonyl (C=O) groups is 4. The second kappa shape index (κ2) is 7.23. The van der Waals surface area contributed by atoms with Crippen molar-refractivity contribution in [2.75, 3.05) is 24.9 Å². The highest BCUT2D eigenvalue weighted by Crippen LogP contribution is 2.19. The number of benzene rings is 1. The van der Waals surface area contributed by atoms with Gasteiger partial charge in [-0.15, -0.1) is 0 Å². The molecular formula is C16H15N5O6. The number of nitrogens with zero attached hydrogens (tertiary/aromatic N) is 3. The van der Waals surface area contributed by atoms with Gasteiger partial charge in [0, 0.05) is 5.69 Å². The summed E-state index contributed by atoms with van der Waals surface area (Å²) in [6, 6.07) is 3.10. The lowest BCUT2D eigenvalue weighted by molar-refractivity contribution is -0.117. The van der Waals surface area contributed by atoms with Crippen molar-refractivity contribution >= 4 is 35.4 Å². The number of nitrogens with one attached hydrogen (secondary N) is 2. The van der Waals surface area contributed by atoms with Gasteiger partial charge in [-0.3, -0.25) is 9.59 Å². The Kier molecular flexibility index (Phi) is 4.83. The molecule has 0 spiro atoms. The van der Waals surface area contributed by atoms with Crippen LogP contribution in [0.3, 0.4) is 0 Å². The van der Waals surface area contributed by atoms with Crippen molar-refractivity contribution < 1.29 is 28.7 Å². The van der Waals surface area contributed by atoms with Crippen LogP contribution in [-0.4, -0.2) is 58.8 Å². The first kappa shape index (κ1) is 18.0. The monoisotopic (exact) mass is 373 g/mol. The molecule has 3 rings (SSSR count). The molecule has 2 aromatic rings. The van der Waals surface area contributed by atoms with E-state index in [1.807, 2.05) is 0 Å². The Morgan fingerprint density at radius 2 is 1.78 bits per heavy atom. The van der Waals surface area contributed by atoms with Crippen LogP contribution in [0.4, 0.5) is 11.6 Å². The second-order valence-corrected chi connectivity index (χ2v) is 5.56. The van der Waals surface area contributed by atoms with E-state index in [9.17, 15) is 19.2 Å². The maximum atomic E-state index is 12.5. The van der Waals surface area contributed by atoms with E-state index >= 15 is 0 Å². The van der Waals surface area contributed by atoms with Crippen molar-refractivity contribution in [2.45, 2.75) is 12.5 Å². The molecule has 140 valence electrons. The average Bonchev–Trinajstić information content (AvgIpc) is 3.15. The molecule has 0 fully saturated rings. The maximum absolute atomic E-state index is 12.5. The van der Waals surface area contributed by atoms with E-state index in [1.54, 1.807) is 0 Å². The van der Waals surface area contributed by atoms with Gasteiger partial charge in [-0.25, -0.2) is 9.59 Å². The van der Waals surface area contributed by atoms with Crippen molar-refractivity contribution in [1.29, 1.82) is 0 Å². The standard InChI is InChI=1S/C16H15N5O6/c1-26-14(24)8-3-9(15(25)27-2)5-10(4-8)19-13(23)11-6-12(22)21-16(20-11)17-7-18-21/h3-5,7,11H,6H2,1-2H3,(H,19,23)(H,17,18,20)/t11-/m1/s1. The molecule has 0 aliphatic carbocycles. The van der Waals surface area contributed by atoms with E-state index in [0.717, 1.165) is 4.68 Å². The zero-order valence-corrected chi connectivity index (χ0v) is 14.4. The van der Waals surface area contributed by atoms with Crippen LogP contribution >= 0.6 is 0 Å². The topological polar surface area (TPSA) is 142 Å². The molecule has 0 unspecified atom stereocenters. The largest absolute Gasteiger partial charge is 0.465 e. The number of esters is 2. The molecule has 1 atom stereocenters. The molecule has 1 aromatic heterocycles. The van der Waals surface area contributed by atoms with Gasteiger partial charge < -0.3 is 20.1 Å². The predicted octanol–water partition coefficient (Wildman–Crippen LogP) is 0.314. The quantitative estimate of drug-likeness (QED) is 0.724. The Morgan fingerprint density at radius 1 is 1.15 bits per heavy atom. The zero-order valence-electron chi connectivity index (χ0n) is 14.4. The van der Waals surface area contributed by atoms with Gasteiger partial charge in [-0.1, -0.05) is 0 Å². The molecular weight excluding hydrogens is 358 g/mol. The molecule has 27 heavy (non-hydrogen) atoms. The van der Waals surface area contributed by atoms with Crippen molar-refractivity contribution in [3.8, 4) is 0 Å². The van der Waals surface area contributed by atoms with Crippen LogP contribution in [0.1, 0.15) is 31.9 Å². The van der Waals surface area contributed by atoms with E-state index in [4.69, 9.17) is 0 Å². The molecule has 0 saturated heterocycles. The molecule has 2 heterocycles. The number of fused-ring (bicyclic) bond motifs is 1. The van der Waals surface area contributed by atoms with Gasteiger partial charge >= 0.3 is 11.9 Å². The summed E-state index contributed by atoms with van der Waals surface area (Å²) in [5.74, 6) is -2.15. The van der Waals surface area contributed by atoms with E-state index < -0.39 is 23.9 Å². The third-order valence-corrected chi connectivity index (χ3v) is 3.83. The van der Waals surface area contributed by atoms with Gasteiger partial charge in [0.05, 0.1) is 31.8 Å². The summed E-state index contributed by atoms with van der Waals surface area (Å²) in [6.45, 7) is 0. The van der Waals surface area contributed by atoms with Gasteiger partial charge in [-0.2, -0.15) is 14.8 Å². The number of hydrogen-bond donors (Lipinski definition) is 2. The number of amides is 1. The van der Waals surface area contributed by atoms with Crippen LogP contribution in [0.2, 0.25) is 0 Å². The van der Waals surface area contributed by atoms with E-state index in [1.165, 1.54) is 38.7 Å². The fourth-order valence-corrected chi connectivity index (χ4v) is 2.55. The lowest BCUT2D eigenvalue weighted by Gasteiger charge is -2.22. The second-order valence-electron chi connectivity index (χ2n) is 5.56. The van der Waals surface area contributed by atoms with Gasteiger partial charge in [0.15, 0.2) is 0 Å². The third kappa shape index (κ3) is 3.61. The highest BCUT2D eigenvalue weighted by molar-refractivity contribution is 6.03. The number of hydrogen-bond acceptors (Lipinski definition) is 9. The number of methoxy groups -OCH3 is 2. The Bertz CT molecular complexity index is 903. The van der Waals surface area contributed by atoms with Gasteiger partial charge in [0.1, 0.15) is 12.4 Å². The Morgan fingerprint density at radius 3 is 2.37 bits per heavy atom. The maximum Gasteiger partial charge on any atom is 0.337 e. The first-order valence-electron chi connectivity index (χ1n) is 7.75. The minimum Gasteiger partial charge on any atom is -0.465 e. The van der Waals surface area contributed by atoms with E-state index in [0.29, 0.717) is 0 Å². The minimum absolute atomic E-state index is 0.0584. The van der Waals surface area contributed by atoms with Crippen molar-refractivity contribution in [3.63, 3.8) is 0 Å². The van der Waals surface area contributed by atoms with Crippen LogP contribution in [-0.2, 0) is 14.3 Å². The summed E-state index contributed by atoms with van der Waals surface area (Å²) >= 11 is 0. The summed E-state index contributed by atoms with van der Waals surface area (Å²) in [6.07, 6.45) is 1.06. The molecule has 0 bridgehead atoms. The molecule has 11 nitrogen and oxygen atoms in total. The summed E-state index contributed by atoms with van der Waals surface area (Å²) in [5.41, 5.74) is 0.288. The average molecular weight is 373 g/mol. The van der Waals surface area contributed by atoms with E-state index in [2.05, 4.69) is 30.2 Å². The molecule has 1 aliphatic rings. The molecule has 0 radical (unpaired) electrons. The molecule has 1 amide bonds. The van der Waals surface area contributed by atoms with Crippen LogP contribution in [0.25, 0.3) is 0 Å². The van der Waals surface area contributed by atoms with Crippen LogP contribution in [0, 0.1) is 0 Å². The van der Waals surface area contributed by atoms with Gasteiger partial charge in [0.2, 0.25) is 11.9 Å². The summed E-state index contributed by atoms with van der Waals surface area (Å²) < 4.78 is 10.4. The Balaban J connectivity index is 1.84. The molecule has 1 aromatic carbocycles. The number of ether oxygens (including phenoxy) is 2. The van der Waals surface area contributed by atoms with E-state index in [-0.39, 0.29) is 35.1 Å². The van der Waals surface area contributed by atoms with Gasteiger partial charge in [-0.05, 0) is 18.2 Å². The number of carbonyl (C=O) groups excluding carboxylic acids is 4. The third-order valence-electron chi connectivity index (χ3n) is 3.83. The van der Waals surface area contributed by atoms with Gasteiger partial charge in [0.25, 0.3) is 5.91 Å². The van der Waals surface area contributed by atoms with Crippen molar-refractivity contribution in [2.24, 2.45) is 0 Å². The Hall–Kier alpha value is -3.76. The number of rotatable bonds is 4. The highest BCUT2D eigenvalue weighted by atomic mass is 16.5. The molecule has 2 N–H and O–H groups in total. The van der Waals surface area contributed by atoms with Crippen LogP contribution < -0.4 is 10.6 Å². The lowest BCUT2D eigenvalue weighted by atomic mass is 10.1. The highest BCUT2D eigenvalue weighted by Gasteiger charge is 2.31. The normalized spacial score (nSPS) is 15.3. The smallest absolute Gasteiger partial charge is 0.337 e. The molecule has 1 aliphatic heterocycles. The lowest BCUT2D eigenvalue weighted by Crippen LogP contribution is -2.42.